The third-order valence-electron chi connectivity index (χ3n) is 6.68. The molecule has 1 aromatic heterocycles. The molecule has 0 N–H and O–H groups in total. The Morgan fingerprint density at radius 3 is 2.58 bits per heavy atom. The van der Waals surface area contributed by atoms with Crippen molar-refractivity contribution >= 4 is 34.2 Å². The predicted octanol–water partition coefficient (Wildman–Crippen LogP) is 1.94. The summed E-state index contributed by atoms with van der Waals surface area (Å²) in [5.74, 6) is -1.88. The summed E-state index contributed by atoms with van der Waals surface area (Å²) in [6.45, 7) is 2.45. The Kier molecular flexibility index (Phi) is 5.03. The van der Waals surface area contributed by atoms with Crippen molar-refractivity contribution in [2.45, 2.75) is 25.9 Å². The number of fused-ring (bicyclic) bond motifs is 1. The third kappa shape index (κ3) is 3.41. The van der Waals surface area contributed by atoms with Crippen LogP contribution in [0.15, 0.2) is 76.5 Å². The number of rotatable bonds is 4. The summed E-state index contributed by atoms with van der Waals surface area (Å²) in [6, 6.07) is 20.2. The minimum atomic E-state index is -1.40. The van der Waals surface area contributed by atoms with Crippen LogP contribution in [0, 0.1) is 6.92 Å². The number of amides is 1. The van der Waals surface area contributed by atoms with E-state index in [1.807, 2.05) is 43.3 Å². The van der Waals surface area contributed by atoms with Crippen molar-refractivity contribution in [3.8, 4) is 0 Å². The van der Waals surface area contributed by atoms with Crippen LogP contribution in [0.5, 0.6) is 0 Å². The highest BCUT2D eigenvalue weighted by atomic mass is 16.4. The highest BCUT2D eigenvalue weighted by Gasteiger charge is 2.39. The standard InChI is InChI=1S/C28H22N4O4/c1-16-13-18-11-12-31-25(18)20(14-16)24(17-7-3-2-4-8-17)30-26(28(31)36)32-22(15-23(33)34)29-21-10-6-5-9-19(21)27(32)35/h2-10,13-14,26H,11-12,15H2,1H3,(H,33,34)/p-1. The maximum Gasteiger partial charge on any atom is 0.272 e. The van der Waals surface area contributed by atoms with Gasteiger partial charge in [-0.3, -0.25) is 14.2 Å². The lowest BCUT2D eigenvalue weighted by molar-refractivity contribution is -0.304. The predicted molar refractivity (Wildman–Crippen MR) is 133 cm³/mol. The number of carbonyl (C=O) groups is 2. The molecule has 3 heterocycles. The molecule has 0 fully saturated rings. The molecule has 36 heavy (non-hydrogen) atoms. The normalized spacial score (nSPS) is 16.6. The number of carboxylic acid groups (broad SMARTS) is 1. The number of aryl methyl sites for hydroxylation is 1. The number of hydrogen-bond acceptors (Lipinski definition) is 6. The van der Waals surface area contributed by atoms with E-state index in [1.165, 1.54) is 0 Å². The van der Waals surface area contributed by atoms with Gasteiger partial charge in [-0.05, 0) is 37.1 Å². The highest BCUT2D eigenvalue weighted by molar-refractivity contribution is 6.20. The van der Waals surface area contributed by atoms with Crippen LogP contribution in [0.3, 0.4) is 0 Å². The molecule has 0 aliphatic carbocycles. The van der Waals surface area contributed by atoms with E-state index < -0.39 is 30.0 Å². The van der Waals surface area contributed by atoms with Gasteiger partial charge < -0.3 is 14.8 Å². The number of carboxylic acids is 1. The molecule has 0 bridgehead atoms. The van der Waals surface area contributed by atoms with Crippen molar-refractivity contribution in [1.82, 2.24) is 9.55 Å². The molecule has 8 heteroatoms. The molecule has 0 saturated heterocycles. The Morgan fingerprint density at radius 2 is 1.81 bits per heavy atom. The highest BCUT2D eigenvalue weighted by Crippen LogP contribution is 2.39. The quantitative estimate of drug-likeness (QED) is 0.446. The van der Waals surface area contributed by atoms with Crippen molar-refractivity contribution in [2.75, 3.05) is 11.4 Å². The van der Waals surface area contributed by atoms with E-state index in [4.69, 9.17) is 4.99 Å². The number of carbonyl (C=O) groups excluding carboxylic acids is 2. The molecule has 1 amide bonds. The molecule has 2 aliphatic heterocycles. The number of benzene rings is 3. The molecular formula is C28H21N4O4-. The van der Waals surface area contributed by atoms with Gasteiger partial charge in [-0.2, -0.15) is 0 Å². The number of para-hydroxylation sites is 1. The smallest absolute Gasteiger partial charge is 0.272 e. The molecule has 4 aromatic rings. The fourth-order valence-corrected chi connectivity index (χ4v) is 5.19. The van der Waals surface area contributed by atoms with Gasteiger partial charge in [-0.15, -0.1) is 0 Å². The van der Waals surface area contributed by atoms with Gasteiger partial charge in [-0.1, -0.05) is 54.1 Å². The van der Waals surface area contributed by atoms with Crippen LogP contribution in [0.1, 0.15) is 34.2 Å². The topological polar surface area (TPSA) is 108 Å². The maximum atomic E-state index is 14.0. The summed E-state index contributed by atoms with van der Waals surface area (Å²) in [5.41, 5.74) is 4.88. The lowest BCUT2D eigenvalue weighted by atomic mass is 9.96. The van der Waals surface area contributed by atoms with Crippen molar-refractivity contribution in [3.63, 3.8) is 0 Å². The van der Waals surface area contributed by atoms with E-state index >= 15 is 0 Å². The van der Waals surface area contributed by atoms with E-state index in [-0.39, 0.29) is 11.2 Å². The summed E-state index contributed by atoms with van der Waals surface area (Å²) >= 11 is 0. The zero-order valence-corrected chi connectivity index (χ0v) is 19.5. The van der Waals surface area contributed by atoms with Gasteiger partial charge >= 0.3 is 0 Å². The summed E-state index contributed by atoms with van der Waals surface area (Å²) in [4.78, 5) is 50.4. The van der Waals surface area contributed by atoms with Gasteiger partial charge in [0.1, 0.15) is 5.82 Å². The lowest BCUT2D eigenvalue weighted by Gasteiger charge is -2.23. The first-order chi connectivity index (χ1) is 17.4. The molecule has 0 radical (unpaired) electrons. The average molecular weight is 478 g/mol. The molecule has 1 atom stereocenters. The van der Waals surface area contributed by atoms with Crippen molar-refractivity contribution in [3.05, 3.63) is 105 Å². The number of aliphatic carboxylic acids is 1. The Balaban J connectivity index is 1.68. The van der Waals surface area contributed by atoms with Gasteiger partial charge in [0.05, 0.1) is 22.3 Å². The van der Waals surface area contributed by atoms with Crippen LogP contribution in [-0.2, 0) is 22.4 Å². The van der Waals surface area contributed by atoms with Gasteiger partial charge in [0.15, 0.2) is 0 Å². The van der Waals surface area contributed by atoms with Crippen LogP contribution >= 0.6 is 0 Å². The molecule has 0 spiro atoms. The summed E-state index contributed by atoms with van der Waals surface area (Å²) in [7, 11) is 0. The van der Waals surface area contributed by atoms with Crippen molar-refractivity contribution < 1.29 is 14.7 Å². The van der Waals surface area contributed by atoms with Crippen molar-refractivity contribution in [2.24, 2.45) is 4.99 Å². The van der Waals surface area contributed by atoms with E-state index in [9.17, 15) is 19.5 Å². The molecule has 0 saturated carbocycles. The van der Waals surface area contributed by atoms with Crippen LogP contribution in [0.4, 0.5) is 5.69 Å². The monoisotopic (exact) mass is 477 g/mol. The molecule has 1 unspecified atom stereocenters. The zero-order valence-electron chi connectivity index (χ0n) is 19.5. The van der Waals surface area contributed by atoms with E-state index in [0.717, 1.165) is 32.5 Å². The second-order valence-electron chi connectivity index (χ2n) is 9.05. The number of nitrogens with zero attached hydrogens (tertiary/aromatic N) is 4. The molecule has 178 valence electrons. The Labute approximate surface area is 206 Å². The van der Waals surface area contributed by atoms with E-state index in [0.29, 0.717) is 24.2 Å². The largest absolute Gasteiger partial charge is 0.550 e. The Morgan fingerprint density at radius 1 is 1.06 bits per heavy atom. The van der Waals surface area contributed by atoms with Crippen LogP contribution < -0.4 is 15.6 Å². The van der Waals surface area contributed by atoms with E-state index in [1.54, 1.807) is 29.2 Å². The van der Waals surface area contributed by atoms with Crippen LogP contribution in [0.25, 0.3) is 10.9 Å². The van der Waals surface area contributed by atoms with Crippen LogP contribution in [0.2, 0.25) is 0 Å². The Hall–Kier alpha value is -4.59. The summed E-state index contributed by atoms with van der Waals surface area (Å²) in [6.07, 6.45) is -1.27. The second kappa shape index (κ2) is 8.27. The second-order valence-corrected chi connectivity index (χ2v) is 9.05. The molecule has 8 nitrogen and oxygen atoms in total. The number of aliphatic imine (C=N–C) groups is 1. The third-order valence-corrected chi connectivity index (χ3v) is 6.68. The minimum absolute atomic E-state index is 0.0743. The Bertz CT molecular complexity index is 1660. The summed E-state index contributed by atoms with van der Waals surface area (Å²) in [5, 5.41) is 11.9. The first-order valence-electron chi connectivity index (χ1n) is 11.7. The van der Waals surface area contributed by atoms with E-state index in [2.05, 4.69) is 11.1 Å². The zero-order chi connectivity index (χ0) is 25.0. The van der Waals surface area contributed by atoms with Gasteiger partial charge in [-0.25, -0.2) is 9.98 Å². The average Bonchev–Trinajstić information content (AvgIpc) is 3.24. The molecule has 2 aliphatic rings. The van der Waals surface area contributed by atoms with Gasteiger partial charge in [0, 0.05) is 30.1 Å². The minimum Gasteiger partial charge on any atom is -0.550 e. The van der Waals surface area contributed by atoms with Crippen LogP contribution in [-0.4, -0.2) is 33.7 Å². The van der Waals surface area contributed by atoms with Gasteiger partial charge in [0.2, 0.25) is 6.17 Å². The summed E-state index contributed by atoms with van der Waals surface area (Å²) < 4.78 is 1.13. The molecule has 3 aromatic carbocycles. The number of hydrogen-bond donors (Lipinski definition) is 0. The SMILES string of the molecule is Cc1cc2c3c(c1)C(c1ccccc1)=NC(n1c(CC(=O)[O-])nc4ccccc4c1=O)C(=O)N3CC2. The van der Waals surface area contributed by atoms with Gasteiger partial charge in [0.25, 0.3) is 11.5 Å². The lowest BCUT2D eigenvalue weighted by Crippen LogP contribution is -2.41. The fraction of sp³-hybridized carbons (Fsp3) is 0.179. The first kappa shape index (κ1) is 21.9. The first-order valence-corrected chi connectivity index (χ1v) is 11.7. The van der Waals surface area contributed by atoms with Crippen molar-refractivity contribution in [1.29, 1.82) is 0 Å². The molecule has 6 rings (SSSR count). The molecular weight excluding hydrogens is 456 g/mol. The maximum absolute atomic E-state index is 14.0. The fourth-order valence-electron chi connectivity index (χ4n) is 5.19. The number of aromatic nitrogens is 2. The number of anilines is 1.